The fourth-order valence-electron chi connectivity index (χ4n) is 1.63. The Morgan fingerprint density at radius 2 is 1.89 bits per heavy atom. The van der Waals surface area contributed by atoms with Crippen LogP contribution in [0.4, 0.5) is 0 Å². The van der Waals surface area contributed by atoms with E-state index < -0.39 is 15.9 Å². The second-order valence-corrected chi connectivity index (χ2v) is 7.96. The van der Waals surface area contributed by atoms with Crippen molar-refractivity contribution in [3.63, 3.8) is 0 Å². The van der Waals surface area contributed by atoms with Gasteiger partial charge in [-0.25, -0.2) is 8.42 Å². The zero-order valence-electron chi connectivity index (χ0n) is 11.5. The zero-order valence-corrected chi connectivity index (χ0v) is 12.3. The van der Waals surface area contributed by atoms with Crippen molar-refractivity contribution < 1.29 is 13.5 Å². The molecule has 1 rings (SSSR count). The van der Waals surface area contributed by atoms with Crippen molar-refractivity contribution >= 4 is 9.84 Å². The highest BCUT2D eigenvalue weighted by molar-refractivity contribution is 7.91. The lowest BCUT2D eigenvalue weighted by Crippen LogP contribution is -2.20. The highest BCUT2D eigenvalue weighted by Crippen LogP contribution is 2.21. The number of aliphatic hydroxyl groups is 1. The molecule has 5 heteroatoms. The van der Waals surface area contributed by atoms with Gasteiger partial charge < -0.3 is 9.67 Å². The Hall–Kier alpha value is -0.810. The van der Waals surface area contributed by atoms with Crippen LogP contribution in [0.1, 0.15) is 39.4 Å². The quantitative estimate of drug-likeness (QED) is 0.862. The Morgan fingerprint density at radius 3 is 2.39 bits per heavy atom. The van der Waals surface area contributed by atoms with Gasteiger partial charge >= 0.3 is 0 Å². The van der Waals surface area contributed by atoms with Gasteiger partial charge in [-0.2, -0.15) is 0 Å². The van der Waals surface area contributed by atoms with Gasteiger partial charge in [-0.1, -0.05) is 13.8 Å². The molecule has 0 amide bonds. The first kappa shape index (κ1) is 15.2. The van der Waals surface area contributed by atoms with E-state index in [1.165, 1.54) is 0 Å². The molecule has 0 radical (unpaired) electrons. The summed E-state index contributed by atoms with van der Waals surface area (Å²) < 4.78 is 25.2. The van der Waals surface area contributed by atoms with Gasteiger partial charge in [0.05, 0.1) is 17.1 Å². The minimum absolute atomic E-state index is 0.135. The number of hydrogen-bond donors (Lipinski definition) is 1. The molecule has 0 spiro atoms. The van der Waals surface area contributed by atoms with Crippen molar-refractivity contribution in [2.45, 2.75) is 45.6 Å². The van der Waals surface area contributed by atoms with Crippen molar-refractivity contribution in [2.24, 2.45) is 5.92 Å². The average Bonchev–Trinajstić information content (AvgIpc) is 2.73. The lowest BCUT2D eigenvalue weighted by Gasteiger charge is -2.12. The largest absolute Gasteiger partial charge is 0.388 e. The van der Waals surface area contributed by atoms with Crippen LogP contribution < -0.4 is 0 Å². The molecule has 1 atom stereocenters. The molecule has 18 heavy (non-hydrogen) atoms. The maximum absolute atomic E-state index is 11.7. The molecule has 0 saturated heterocycles. The summed E-state index contributed by atoms with van der Waals surface area (Å²) >= 11 is 0. The summed E-state index contributed by atoms with van der Waals surface area (Å²) in [5.74, 6) is 0.288. The summed E-state index contributed by atoms with van der Waals surface area (Å²) in [5, 5.41) is 9.56. The summed E-state index contributed by atoms with van der Waals surface area (Å²) in [6, 6.07) is 1.84. The summed E-state index contributed by atoms with van der Waals surface area (Å²) in [6.45, 7) is 7.72. The van der Waals surface area contributed by atoms with Crippen LogP contribution in [0.15, 0.2) is 18.5 Å². The van der Waals surface area contributed by atoms with Gasteiger partial charge in [0.15, 0.2) is 9.84 Å². The third-order valence-corrected chi connectivity index (χ3v) is 5.29. The molecule has 104 valence electrons. The molecule has 1 aromatic heterocycles. The second-order valence-electron chi connectivity index (χ2n) is 5.29. The second kappa shape index (κ2) is 5.89. The Bertz CT molecular complexity index is 474. The Morgan fingerprint density at radius 1 is 1.28 bits per heavy atom. The molecule has 0 fully saturated rings. The number of aromatic nitrogens is 1. The highest BCUT2D eigenvalue weighted by Gasteiger charge is 2.17. The highest BCUT2D eigenvalue weighted by atomic mass is 32.2. The maximum Gasteiger partial charge on any atom is 0.154 e. The van der Waals surface area contributed by atoms with Crippen LogP contribution in [-0.4, -0.2) is 29.1 Å². The van der Waals surface area contributed by atoms with Crippen molar-refractivity contribution in [1.29, 1.82) is 0 Å². The molecule has 0 aromatic carbocycles. The molecule has 1 heterocycles. The molecule has 1 aromatic rings. The van der Waals surface area contributed by atoms with Crippen LogP contribution in [0.25, 0.3) is 0 Å². The third-order valence-electron chi connectivity index (χ3n) is 3.10. The third kappa shape index (κ3) is 3.85. The minimum Gasteiger partial charge on any atom is -0.388 e. The van der Waals surface area contributed by atoms with Crippen molar-refractivity contribution in [1.82, 2.24) is 4.57 Å². The van der Waals surface area contributed by atoms with Crippen LogP contribution in [0.3, 0.4) is 0 Å². The van der Waals surface area contributed by atoms with Crippen LogP contribution in [-0.2, 0) is 16.4 Å². The molecular formula is C13H23NO3S. The minimum atomic E-state index is -3.01. The predicted octanol–water partition coefficient (Wildman–Crippen LogP) is 2.00. The monoisotopic (exact) mass is 273 g/mol. The van der Waals surface area contributed by atoms with E-state index in [-0.39, 0.29) is 16.9 Å². The number of aliphatic hydroxyl groups excluding tert-OH is 1. The molecule has 0 aliphatic carbocycles. The summed E-state index contributed by atoms with van der Waals surface area (Å²) in [4.78, 5) is 0. The molecule has 1 N–H and O–H groups in total. The standard InChI is InChI=1S/C13H23NO3S/c1-10(2)13(15)12-5-6-14(9-12)7-8-18(16,17)11(3)4/h5-6,9-11,13,15H,7-8H2,1-4H3. The number of aryl methyl sites for hydroxylation is 1. The number of nitrogens with zero attached hydrogens (tertiary/aromatic N) is 1. The van der Waals surface area contributed by atoms with Crippen LogP contribution >= 0.6 is 0 Å². The van der Waals surface area contributed by atoms with Gasteiger partial charge in [-0.3, -0.25) is 0 Å². The van der Waals surface area contributed by atoms with E-state index in [1.54, 1.807) is 13.8 Å². The molecule has 0 aliphatic rings. The summed E-state index contributed by atoms with van der Waals surface area (Å²) in [5.41, 5.74) is 0.840. The zero-order chi connectivity index (χ0) is 13.9. The van der Waals surface area contributed by atoms with Crippen molar-refractivity contribution in [3.05, 3.63) is 24.0 Å². The molecule has 1 unspecified atom stereocenters. The lowest BCUT2D eigenvalue weighted by atomic mass is 10.0. The Kier molecular flexibility index (Phi) is 4.99. The van der Waals surface area contributed by atoms with E-state index in [2.05, 4.69) is 0 Å². The number of hydrogen-bond acceptors (Lipinski definition) is 3. The number of sulfone groups is 1. The number of rotatable bonds is 6. The first-order valence-electron chi connectivity index (χ1n) is 6.29. The van der Waals surface area contributed by atoms with Crippen molar-refractivity contribution in [3.8, 4) is 0 Å². The summed E-state index contributed by atoms with van der Waals surface area (Å²) in [6.07, 6.45) is 3.14. The van der Waals surface area contributed by atoms with Crippen LogP contribution in [0.2, 0.25) is 0 Å². The first-order chi connectivity index (χ1) is 8.24. The predicted molar refractivity (Wildman–Crippen MR) is 73.2 cm³/mol. The van der Waals surface area contributed by atoms with Crippen molar-refractivity contribution in [2.75, 3.05) is 5.75 Å². The van der Waals surface area contributed by atoms with E-state index >= 15 is 0 Å². The van der Waals surface area contributed by atoms with Gasteiger partial charge in [0.2, 0.25) is 0 Å². The molecule has 0 saturated carbocycles. The normalized spacial score (nSPS) is 14.4. The van der Waals surface area contributed by atoms with E-state index in [0.29, 0.717) is 6.54 Å². The van der Waals surface area contributed by atoms with Gasteiger partial charge in [-0.05, 0) is 31.4 Å². The topological polar surface area (TPSA) is 59.3 Å². The van der Waals surface area contributed by atoms with E-state index in [0.717, 1.165) is 5.56 Å². The Labute approximate surface area is 110 Å². The van der Waals surface area contributed by atoms with E-state index in [1.807, 2.05) is 36.9 Å². The van der Waals surface area contributed by atoms with E-state index in [9.17, 15) is 13.5 Å². The van der Waals surface area contributed by atoms with Gasteiger partial charge in [-0.15, -0.1) is 0 Å². The van der Waals surface area contributed by atoms with Crippen LogP contribution in [0.5, 0.6) is 0 Å². The molecular weight excluding hydrogens is 250 g/mol. The fourth-order valence-corrected chi connectivity index (χ4v) is 2.56. The SMILES string of the molecule is CC(C)C(O)c1ccn(CCS(=O)(=O)C(C)C)c1. The summed E-state index contributed by atoms with van der Waals surface area (Å²) in [7, 11) is -3.01. The van der Waals surface area contributed by atoms with Gasteiger partial charge in [0.25, 0.3) is 0 Å². The molecule has 0 bridgehead atoms. The van der Waals surface area contributed by atoms with Crippen LogP contribution in [0, 0.1) is 5.92 Å². The Balaban J connectivity index is 2.66. The van der Waals surface area contributed by atoms with E-state index in [4.69, 9.17) is 0 Å². The molecule has 0 aliphatic heterocycles. The lowest BCUT2D eigenvalue weighted by molar-refractivity contribution is 0.127. The smallest absolute Gasteiger partial charge is 0.154 e. The fraction of sp³-hybridized carbons (Fsp3) is 0.692. The van der Waals surface area contributed by atoms with Gasteiger partial charge in [0, 0.05) is 18.9 Å². The van der Waals surface area contributed by atoms with Gasteiger partial charge in [0.1, 0.15) is 0 Å². The maximum atomic E-state index is 11.7. The first-order valence-corrected chi connectivity index (χ1v) is 8.01. The molecule has 4 nitrogen and oxygen atoms in total. The average molecular weight is 273 g/mol.